The van der Waals surface area contributed by atoms with Crippen molar-refractivity contribution in [1.82, 2.24) is 4.98 Å². The van der Waals surface area contributed by atoms with E-state index in [1.807, 2.05) is 12.3 Å². The van der Waals surface area contributed by atoms with E-state index in [0.717, 1.165) is 22.2 Å². The summed E-state index contributed by atoms with van der Waals surface area (Å²) in [5.74, 6) is -2.03. The van der Waals surface area contributed by atoms with Gasteiger partial charge in [-0.3, -0.25) is 4.79 Å². The molecule has 0 saturated carbocycles. The minimum Gasteiger partial charge on any atom is -0.293 e. The van der Waals surface area contributed by atoms with Gasteiger partial charge in [0.15, 0.2) is 21.8 Å². The number of ketones is 1. The molecule has 2 nitrogen and oxygen atoms in total. The number of thiazole rings is 1. The second-order valence-corrected chi connectivity index (χ2v) is 5.68. The largest absolute Gasteiger partial charge is 0.293 e. The Morgan fingerprint density at radius 3 is 2.78 bits per heavy atom. The highest BCUT2D eigenvalue weighted by Gasteiger charge is 2.11. The molecule has 0 N–H and O–H groups in total. The number of Topliss-reactive ketones (excluding diaryl/α,β-unsaturated/α-hetero) is 1. The summed E-state index contributed by atoms with van der Waals surface area (Å²) in [4.78, 5) is 16.0. The van der Waals surface area contributed by atoms with Crippen molar-refractivity contribution in [1.29, 1.82) is 0 Å². The highest BCUT2D eigenvalue weighted by molar-refractivity contribution is 8.01. The molecule has 6 heteroatoms. The van der Waals surface area contributed by atoms with Gasteiger partial charge in [0.05, 0.1) is 5.75 Å². The molecule has 0 unspecified atom stereocenters. The molecule has 0 amide bonds. The average Bonchev–Trinajstić information content (AvgIpc) is 2.75. The zero-order chi connectivity index (χ0) is 13.1. The van der Waals surface area contributed by atoms with Gasteiger partial charge in [0.1, 0.15) is 0 Å². The molecule has 2 aromatic rings. The second kappa shape index (κ2) is 5.58. The molecular formula is C12H9F2NOS2. The molecule has 1 aromatic carbocycles. The van der Waals surface area contributed by atoms with Crippen molar-refractivity contribution < 1.29 is 13.6 Å². The van der Waals surface area contributed by atoms with Gasteiger partial charge in [-0.05, 0) is 25.1 Å². The summed E-state index contributed by atoms with van der Waals surface area (Å²) in [6.07, 6.45) is 0. The van der Waals surface area contributed by atoms with Gasteiger partial charge in [-0.25, -0.2) is 13.8 Å². The molecule has 2 rings (SSSR count). The van der Waals surface area contributed by atoms with E-state index in [4.69, 9.17) is 0 Å². The van der Waals surface area contributed by atoms with E-state index in [-0.39, 0.29) is 17.1 Å². The van der Waals surface area contributed by atoms with Crippen molar-refractivity contribution in [3.63, 3.8) is 0 Å². The lowest BCUT2D eigenvalue weighted by Gasteiger charge is -2.00. The Kier molecular flexibility index (Phi) is 4.08. The summed E-state index contributed by atoms with van der Waals surface area (Å²) in [6.45, 7) is 1.87. The zero-order valence-electron chi connectivity index (χ0n) is 9.44. The van der Waals surface area contributed by atoms with Gasteiger partial charge < -0.3 is 0 Å². The SMILES string of the molecule is Cc1csc(SCC(=O)c2ccc(F)c(F)c2)n1. The second-order valence-electron chi connectivity index (χ2n) is 3.60. The lowest BCUT2D eigenvalue weighted by molar-refractivity contribution is 0.102. The third kappa shape index (κ3) is 3.14. The average molecular weight is 285 g/mol. The van der Waals surface area contributed by atoms with Gasteiger partial charge in [-0.1, -0.05) is 11.8 Å². The number of carbonyl (C=O) groups is 1. The lowest BCUT2D eigenvalue weighted by Crippen LogP contribution is -2.03. The molecule has 94 valence electrons. The van der Waals surface area contributed by atoms with E-state index in [0.29, 0.717) is 0 Å². The summed E-state index contributed by atoms with van der Waals surface area (Å²) < 4.78 is 26.5. The molecule has 1 aromatic heterocycles. The van der Waals surface area contributed by atoms with Crippen LogP contribution in [0.15, 0.2) is 27.9 Å². The standard InChI is InChI=1S/C12H9F2NOS2/c1-7-5-17-12(15-7)18-6-11(16)8-2-3-9(13)10(14)4-8/h2-5H,6H2,1H3. The number of halogens is 2. The van der Waals surface area contributed by atoms with Crippen LogP contribution in [0, 0.1) is 18.6 Å². The molecule has 0 fully saturated rings. The van der Waals surface area contributed by atoms with Gasteiger partial charge in [0, 0.05) is 16.6 Å². The molecule has 0 atom stereocenters. The third-order valence-corrected chi connectivity index (χ3v) is 4.31. The van der Waals surface area contributed by atoms with Gasteiger partial charge in [0.2, 0.25) is 0 Å². The Morgan fingerprint density at radius 2 is 2.17 bits per heavy atom. The summed E-state index contributed by atoms with van der Waals surface area (Å²) in [6, 6.07) is 3.17. The maximum absolute atomic E-state index is 13.0. The number of aromatic nitrogens is 1. The van der Waals surface area contributed by atoms with Crippen LogP contribution in [0.25, 0.3) is 0 Å². The van der Waals surface area contributed by atoms with Crippen LogP contribution in [0.3, 0.4) is 0 Å². The van der Waals surface area contributed by atoms with Gasteiger partial charge in [-0.15, -0.1) is 11.3 Å². The van der Waals surface area contributed by atoms with Crippen LogP contribution in [-0.2, 0) is 0 Å². The first-order chi connectivity index (χ1) is 8.56. The van der Waals surface area contributed by atoms with E-state index in [1.54, 1.807) is 0 Å². The minimum atomic E-state index is -1.00. The smallest absolute Gasteiger partial charge is 0.173 e. The fraction of sp³-hybridized carbons (Fsp3) is 0.167. The first-order valence-corrected chi connectivity index (χ1v) is 6.96. The lowest BCUT2D eigenvalue weighted by atomic mass is 10.1. The summed E-state index contributed by atoms with van der Waals surface area (Å²) >= 11 is 2.75. The van der Waals surface area contributed by atoms with E-state index < -0.39 is 11.6 Å². The Bertz CT molecular complexity index is 583. The normalized spacial score (nSPS) is 10.6. The fourth-order valence-electron chi connectivity index (χ4n) is 1.28. The van der Waals surface area contributed by atoms with Gasteiger partial charge in [-0.2, -0.15) is 0 Å². The number of aryl methyl sites for hydroxylation is 1. The van der Waals surface area contributed by atoms with E-state index >= 15 is 0 Å². The molecule has 0 saturated heterocycles. The highest BCUT2D eigenvalue weighted by Crippen LogP contribution is 2.23. The van der Waals surface area contributed by atoms with Crippen LogP contribution in [0.2, 0.25) is 0 Å². The van der Waals surface area contributed by atoms with E-state index in [2.05, 4.69) is 4.98 Å². The predicted octanol–water partition coefficient (Wildman–Crippen LogP) is 3.70. The van der Waals surface area contributed by atoms with Crippen molar-refractivity contribution in [3.05, 3.63) is 46.5 Å². The van der Waals surface area contributed by atoms with Crippen molar-refractivity contribution in [2.24, 2.45) is 0 Å². The zero-order valence-corrected chi connectivity index (χ0v) is 11.1. The number of hydrogen-bond acceptors (Lipinski definition) is 4. The molecule has 0 aliphatic rings. The molecular weight excluding hydrogens is 276 g/mol. The van der Waals surface area contributed by atoms with Crippen molar-refractivity contribution in [2.45, 2.75) is 11.3 Å². The first kappa shape index (κ1) is 13.2. The third-order valence-electron chi connectivity index (χ3n) is 2.17. The van der Waals surface area contributed by atoms with Crippen LogP contribution in [0.4, 0.5) is 8.78 Å². The van der Waals surface area contributed by atoms with Gasteiger partial charge in [0.25, 0.3) is 0 Å². The van der Waals surface area contributed by atoms with Crippen LogP contribution >= 0.6 is 23.1 Å². The first-order valence-electron chi connectivity index (χ1n) is 5.09. The number of hydrogen-bond donors (Lipinski definition) is 0. The Morgan fingerprint density at radius 1 is 1.39 bits per heavy atom. The number of rotatable bonds is 4. The maximum atomic E-state index is 13.0. The molecule has 0 aliphatic heterocycles. The summed E-state index contributed by atoms with van der Waals surface area (Å²) in [7, 11) is 0. The molecule has 0 spiro atoms. The monoisotopic (exact) mass is 285 g/mol. The number of nitrogens with zero attached hydrogens (tertiary/aromatic N) is 1. The quantitative estimate of drug-likeness (QED) is 0.633. The number of thioether (sulfide) groups is 1. The Balaban J connectivity index is 2.01. The predicted molar refractivity (Wildman–Crippen MR) is 68.3 cm³/mol. The topological polar surface area (TPSA) is 30.0 Å². The molecule has 0 bridgehead atoms. The van der Waals surface area contributed by atoms with Crippen LogP contribution in [0.1, 0.15) is 16.1 Å². The maximum Gasteiger partial charge on any atom is 0.173 e. The number of carbonyl (C=O) groups excluding carboxylic acids is 1. The minimum absolute atomic E-state index is 0.165. The molecule has 1 heterocycles. The van der Waals surface area contributed by atoms with Crippen LogP contribution in [0.5, 0.6) is 0 Å². The van der Waals surface area contributed by atoms with Crippen LogP contribution < -0.4 is 0 Å². The number of benzene rings is 1. The highest BCUT2D eigenvalue weighted by atomic mass is 32.2. The molecule has 18 heavy (non-hydrogen) atoms. The van der Waals surface area contributed by atoms with Crippen molar-refractivity contribution >= 4 is 28.9 Å². The molecule has 0 radical (unpaired) electrons. The van der Waals surface area contributed by atoms with Gasteiger partial charge >= 0.3 is 0 Å². The van der Waals surface area contributed by atoms with E-state index in [9.17, 15) is 13.6 Å². The van der Waals surface area contributed by atoms with Crippen LogP contribution in [-0.4, -0.2) is 16.5 Å². The Labute approximate surface area is 111 Å². The molecule has 0 aliphatic carbocycles. The van der Waals surface area contributed by atoms with E-state index in [1.165, 1.54) is 29.2 Å². The summed E-state index contributed by atoms with van der Waals surface area (Å²) in [5.41, 5.74) is 1.08. The Hall–Kier alpha value is -1.27. The fourth-order valence-corrected chi connectivity index (χ4v) is 3.02. The van der Waals surface area contributed by atoms with Crippen molar-refractivity contribution in [2.75, 3.05) is 5.75 Å². The summed E-state index contributed by atoms with van der Waals surface area (Å²) in [5, 5.41) is 1.89. The van der Waals surface area contributed by atoms with Crippen molar-refractivity contribution in [3.8, 4) is 0 Å².